The van der Waals surface area contributed by atoms with Crippen molar-refractivity contribution in [2.75, 3.05) is 26.2 Å². The molecule has 0 spiro atoms. The van der Waals surface area contributed by atoms with E-state index in [9.17, 15) is 4.79 Å². The Morgan fingerprint density at radius 2 is 1.90 bits per heavy atom. The molecule has 0 aliphatic carbocycles. The van der Waals surface area contributed by atoms with Crippen molar-refractivity contribution in [1.82, 2.24) is 0 Å². The van der Waals surface area contributed by atoms with E-state index >= 15 is 0 Å². The van der Waals surface area contributed by atoms with E-state index in [2.05, 4.69) is 6.92 Å². The van der Waals surface area contributed by atoms with Crippen LogP contribution in [0.1, 0.15) is 36.5 Å². The van der Waals surface area contributed by atoms with Crippen LogP contribution in [-0.2, 0) is 4.74 Å². The fraction of sp³-hybridized carbons (Fsp3) is 0.588. The highest BCUT2D eigenvalue weighted by molar-refractivity contribution is 5.89. The molecule has 3 aliphatic heterocycles. The van der Waals surface area contributed by atoms with E-state index < -0.39 is 0 Å². The zero-order chi connectivity index (χ0) is 14.0. The number of hydrogen-bond acceptors (Lipinski definition) is 2. The highest BCUT2D eigenvalue weighted by Crippen LogP contribution is 2.36. The van der Waals surface area contributed by atoms with Gasteiger partial charge in [0, 0.05) is 18.8 Å². The van der Waals surface area contributed by atoms with Crippen LogP contribution in [0, 0.1) is 5.92 Å². The van der Waals surface area contributed by atoms with Gasteiger partial charge in [0.1, 0.15) is 6.54 Å². The number of carbonyl (C=O) groups excluding carboxylic acids is 1. The number of quaternary nitrogens is 1. The third-order valence-electron chi connectivity index (χ3n) is 5.01. The molecule has 1 aromatic carbocycles. The molecule has 2 bridgehead atoms. The summed E-state index contributed by atoms with van der Waals surface area (Å²) in [5.74, 6) is 0.429. The van der Waals surface area contributed by atoms with Crippen LogP contribution in [0.25, 0.3) is 0 Å². The highest BCUT2D eigenvalue weighted by Gasteiger charge is 2.47. The summed E-state index contributed by atoms with van der Waals surface area (Å²) >= 11 is 0. The quantitative estimate of drug-likeness (QED) is 0.556. The second kappa shape index (κ2) is 6.93. The average Bonchev–Trinajstić information content (AvgIpc) is 2.49. The van der Waals surface area contributed by atoms with Gasteiger partial charge in [0.15, 0.2) is 6.10 Å². The molecule has 0 radical (unpaired) electrons. The molecule has 3 saturated heterocycles. The Kier molecular flexibility index (Phi) is 5.44. The number of halogens is 1. The first kappa shape index (κ1) is 16.5. The van der Waals surface area contributed by atoms with Crippen LogP contribution in [0.15, 0.2) is 30.3 Å². The summed E-state index contributed by atoms with van der Waals surface area (Å²) in [6, 6.07) is 9.36. The van der Waals surface area contributed by atoms with Crippen molar-refractivity contribution in [3.8, 4) is 0 Å². The number of nitrogens with zero attached hydrogens (tertiary/aromatic N) is 1. The molecule has 0 amide bonds. The first-order valence-electron chi connectivity index (χ1n) is 7.83. The number of carbonyl (C=O) groups is 1. The Bertz CT molecular complexity index is 463. The van der Waals surface area contributed by atoms with Gasteiger partial charge in [0.2, 0.25) is 0 Å². The fourth-order valence-electron chi connectivity index (χ4n) is 3.92. The topological polar surface area (TPSA) is 26.3 Å². The first-order chi connectivity index (χ1) is 9.72. The predicted molar refractivity (Wildman–Crippen MR) is 78.4 cm³/mol. The van der Waals surface area contributed by atoms with Crippen molar-refractivity contribution >= 4 is 5.97 Å². The summed E-state index contributed by atoms with van der Waals surface area (Å²) in [5.41, 5.74) is 0.672. The SMILES string of the molecule is CCC[N+]12CCC(CC1)C(OC(=O)c1ccccc1)C2.[Br-]. The lowest BCUT2D eigenvalue weighted by atomic mass is 9.83. The fourth-order valence-corrected chi connectivity index (χ4v) is 3.92. The van der Waals surface area contributed by atoms with Gasteiger partial charge in [-0.2, -0.15) is 0 Å². The largest absolute Gasteiger partial charge is 1.00 e. The van der Waals surface area contributed by atoms with Gasteiger partial charge in [-0.3, -0.25) is 0 Å². The minimum absolute atomic E-state index is 0. The van der Waals surface area contributed by atoms with E-state index in [-0.39, 0.29) is 29.1 Å². The summed E-state index contributed by atoms with van der Waals surface area (Å²) in [7, 11) is 0. The summed E-state index contributed by atoms with van der Waals surface area (Å²) in [5, 5.41) is 0. The van der Waals surface area contributed by atoms with Crippen LogP contribution in [0.3, 0.4) is 0 Å². The predicted octanol–water partition coefficient (Wildman–Crippen LogP) is -0.134. The number of benzene rings is 1. The van der Waals surface area contributed by atoms with E-state index in [1.807, 2.05) is 30.3 Å². The Labute approximate surface area is 137 Å². The number of fused-ring (bicyclic) bond motifs is 3. The zero-order valence-corrected chi connectivity index (χ0v) is 14.2. The highest BCUT2D eigenvalue weighted by atomic mass is 79.9. The maximum Gasteiger partial charge on any atom is 0.338 e. The molecule has 116 valence electrons. The van der Waals surface area contributed by atoms with Crippen LogP contribution in [0.4, 0.5) is 0 Å². The molecule has 3 aliphatic rings. The Balaban J connectivity index is 0.00000161. The Morgan fingerprint density at radius 3 is 2.52 bits per heavy atom. The molecule has 1 aromatic rings. The third kappa shape index (κ3) is 3.49. The van der Waals surface area contributed by atoms with Crippen LogP contribution < -0.4 is 17.0 Å². The molecule has 0 N–H and O–H groups in total. The summed E-state index contributed by atoms with van der Waals surface area (Å²) < 4.78 is 6.99. The van der Waals surface area contributed by atoms with Gasteiger partial charge in [-0.15, -0.1) is 0 Å². The molecule has 0 aromatic heterocycles. The number of hydrogen-bond donors (Lipinski definition) is 0. The molecular weight excluding hydrogens is 330 g/mol. The van der Waals surface area contributed by atoms with Crippen molar-refractivity contribution in [1.29, 1.82) is 0 Å². The van der Waals surface area contributed by atoms with Crippen molar-refractivity contribution in [3.63, 3.8) is 0 Å². The molecule has 3 nitrogen and oxygen atoms in total. The minimum Gasteiger partial charge on any atom is -1.00 e. The molecule has 3 fully saturated rings. The number of rotatable bonds is 4. The molecule has 21 heavy (non-hydrogen) atoms. The maximum absolute atomic E-state index is 12.2. The van der Waals surface area contributed by atoms with E-state index in [0.29, 0.717) is 11.5 Å². The molecule has 4 rings (SSSR count). The number of piperidine rings is 3. The van der Waals surface area contributed by atoms with Gasteiger partial charge in [-0.25, -0.2) is 4.79 Å². The van der Waals surface area contributed by atoms with Crippen LogP contribution in [0.2, 0.25) is 0 Å². The maximum atomic E-state index is 12.2. The average molecular weight is 354 g/mol. The van der Waals surface area contributed by atoms with Crippen molar-refractivity contribution < 1.29 is 31.0 Å². The van der Waals surface area contributed by atoms with Gasteiger partial charge in [-0.1, -0.05) is 25.1 Å². The summed E-state index contributed by atoms with van der Waals surface area (Å²) in [6.07, 6.45) is 3.76. The standard InChI is InChI=1S/C17H24NO2.BrH/c1-2-10-18-11-8-14(9-12-18)16(13-18)20-17(19)15-6-4-3-5-7-15;/h3-7,14,16H,2,8-13H2,1H3;1H/q+1;/p-1. The second-order valence-corrected chi connectivity index (χ2v) is 6.34. The van der Waals surface area contributed by atoms with Gasteiger partial charge in [0.05, 0.1) is 25.2 Å². The molecule has 3 heterocycles. The third-order valence-corrected chi connectivity index (χ3v) is 5.01. The number of esters is 1. The smallest absolute Gasteiger partial charge is 0.338 e. The van der Waals surface area contributed by atoms with Crippen LogP contribution in [-0.4, -0.2) is 42.7 Å². The van der Waals surface area contributed by atoms with E-state index in [4.69, 9.17) is 4.74 Å². The lowest BCUT2D eigenvalue weighted by Gasteiger charge is -2.52. The lowest BCUT2D eigenvalue weighted by molar-refractivity contribution is -0.946. The van der Waals surface area contributed by atoms with Gasteiger partial charge < -0.3 is 26.2 Å². The van der Waals surface area contributed by atoms with E-state index in [1.165, 1.54) is 43.4 Å². The molecular formula is C17H24BrNO2. The van der Waals surface area contributed by atoms with Gasteiger partial charge in [0.25, 0.3) is 0 Å². The van der Waals surface area contributed by atoms with E-state index in [0.717, 1.165) is 6.54 Å². The summed E-state index contributed by atoms with van der Waals surface area (Å²) in [6.45, 7) is 7.05. The minimum atomic E-state index is -0.154. The Hall–Kier alpha value is -0.870. The monoisotopic (exact) mass is 353 g/mol. The van der Waals surface area contributed by atoms with Crippen molar-refractivity contribution in [2.24, 2.45) is 5.92 Å². The zero-order valence-electron chi connectivity index (χ0n) is 12.6. The number of ether oxygens (including phenoxy) is 1. The normalized spacial score (nSPS) is 30.5. The van der Waals surface area contributed by atoms with Crippen molar-refractivity contribution in [2.45, 2.75) is 32.3 Å². The molecule has 4 heteroatoms. The van der Waals surface area contributed by atoms with Crippen molar-refractivity contribution in [3.05, 3.63) is 35.9 Å². The van der Waals surface area contributed by atoms with E-state index in [1.54, 1.807) is 0 Å². The van der Waals surface area contributed by atoms with Gasteiger partial charge >= 0.3 is 5.97 Å². The van der Waals surface area contributed by atoms with Crippen LogP contribution >= 0.6 is 0 Å². The van der Waals surface area contributed by atoms with Crippen LogP contribution in [0.5, 0.6) is 0 Å². The Morgan fingerprint density at radius 1 is 1.24 bits per heavy atom. The lowest BCUT2D eigenvalue weighted by Crippen LogP contribution is -3.00. The molecule has 0 saturated carbocycles. The second-order valence-electron chi connectivity index (χ2n) is 6.34. The molecule has 1 atom stereocenters. The first-order valence-corrected chi connectivity index (χ1v) is 7.83. The summed E-state index contributed by atoms with van der Waals surface area (Å²) in [4.78, 5) is 12.2. The molecule has 1 unspecified atom stereocenters. The van der Waals surface area contributed by atoms with Gasteiger partial charge in [-0.05, 0) is 18.6 Å².